The largest absolute Gasteiger partial charge is 0.507 e. The van der Waals surface area contributed by atoms with Gasteiger partial charge >= 0.3 is 35.8 Å². The Morgan fingerprint density at radius 3 is 1.03 bits per heavy atom. The van der Waals surface area contributed by atoms with E-state index in [9.17, 15) is 28.8 Å². The second-order valence-corrected chi connectivity index (χ2v) is 15.5. The number of aromatic carboxylic acids is 6. The molecule has 0 aromatic heterocycles. The molecule has 0 fully saturated rings. The van der Waals surface area contributed by atoms with E-state index in [2.05, 4.69) is 0 Å². The Balaban J connectivity index is 0.000000458. The van der Waals surface area contributed by atoms with Gasteiger partial charge in [0, 0.05) is 64.5 Å². The van der Waals surface area contributed by atoms with Gasteiger partial charge in [-0.15, -0.1) is 0 Å². The molecular formula is C52H61ClN6O17. The number of nitrogen functional groups attached to an aromatic ring is 6. The molecule has 0 aliphatic rings. The number of hydrogen-bond donors (Lipinski definition) is 13. The van der Waals surface area contributed by atoms with E-state index in [1.54, 1.807) is 25.1 Å². The molecule has 24 heteroatoms. The lowest BCUT2D eigenvalue weighted by Gasteiger charge is -2.09. The molecule has 0 aliphatic carbocycles. The van der Waals surface area contributed by atoms with E-state index in [0.717, 1.165) is 19.3 Å². The van der Waals surface area contributed by atoms with Gasteiger partial charge in [0.05, 0.1) is 37.5 Å². The summed E-state index contributed by atoms with van der Waals surface area (Å²) in [5.74, 6) is -5.28. The van der Waals surface area contributed by atoms with Gasteiger partial charge in [0.1, 0.15) is 56.6 Å². The first-order valence-corrected chi connectivity index (χ1v) is 22.7. The van der Waals surface area contributed by atoms with Gasteiger partial charge in [-0.2, -0.15) is 0 Å². The molecule has 0 heterocycles. The number of carbonyl (C=O) groups is 6. The fraction of sp³-hybridized carbons (Fsp3) is 0.192. The topological polar surface area (TPSA) is 437 Å². The first kappa shape index (κ1) is 64.2. The molecule has 23 nitrogen and oxygen atoms in total. The molecule has 6 aromatic carbocycles. The van der Waals surface area contributed by atoms with Crippen LogP contribution in [0.25, 0.3) is 0 Å². The van der Waals surface area contributed by atoms with Crippen LogP contribution in [0.4, 0.5) is 34.1 Å². The van der Waals surface area contributed by atoms with Crippen LogP contribution in [0.5, 0.6) is 28.7 Å². The second kappa shape index (κ2) is 33.1. The molecule has 19 N–H and O–H groups in total. The van der Waals surface area contributed by atoms with Gasteiger partial charge < -0.3 is 89.1 Å². The molecule has 0 atom stereocenters. The van der Waals surface area contributed by atoms with Crippen LogP contribution in [0.3, 0.4) is 0 Å². The normalized spacial score (nSPS) is 9.64. The zero-order valence-corrected chi connectivity index (χ0v) is 42.4. The number of carboxylic acids is 6. The number of unbranched alkanes of at least 4 members (excludes halogenated alkanes) is 1. The molecule has 0 bridgehead atoms. The summed E-state index contributed by atoms with van der Waals surface area (Å²) in [5, 5.41) is 61.3. The number of nitrogens with two attached hydrogens (primary N) is 6. The van der Waals surface area contributed by atoms with Gasteiger partial charge in [-0.3, -0.25) is 0 Å². The highest BCUT2D eigenvalue weighted by molar-refractivity contribution is 6.33. The Morgan fingerprint density at radius 2 is 0.711 bits per heavy atom. The third kappa shape index (κ3) is 22.8. The molecule has 0 spiro atoms. The van der Waals surface area contributed by atoms with Crippen molar-refractivity contribution in [2.45, 2.75) is 40.0 Å². The minimum absolute atomic E-state index is 0.0702. The van der Waals surface area contributed by atoms with E-state index in [4.69, 9.17) is 101 Å². The molecule has 6 rings (SSSR count). The molecule has 0 saturated heterocycles. The van der Waals surface area contributed by atoms with Crippen molar-refractivity contribution in [2.75, 3.05) is 61.3 Å². The quantitative estimate of drug-likeness (QED) is 0.0319. The van der Waals surface area contributed by atoms with Crippen molar-refractivity contribution >= 4 is 81.5 Å². The monoisotopic (exact) mass is 1080 g/mol. The molecule has 6 aromatic rings. The molecule has 0 saturated carbocycles. The maximum absolute atomic E-state index is 10.8. The van der Waals surface area contributed by atoms with Gasteiger partial charge in [-0.05, 0) is 98.6 Å². The van der Waals surface area contributed by atoms with Crippen LogP contribution in [0.1, 0.15) is 102 Å². The predicted octanol–water partition coefficient (Wildman–Crippen LogP) is 8.54. The summed E-state index contributed by atoms with van der Waals surface area (Å²) in [6.07, 6.45) is 2.73. The summed E-state index contributed by atoms with van der Waals surface area (Å²) in [5.41, 5.74) is 35.9. The highest BCUT2D eigenvalue weighted by Crippen LogP contribution is 2.25. The standard InChI is InChI=1S/C11H15NO3.C10H13NO3.C9H11NO3.C8H9NO3.C7H6ClNO2.C7H7NO3/c1-2-3-6-15-10-7-8(12)4-5-9(10)11(13)14;1-2-5-14-9-6-7(11)3-4-8(9)10(12)13;1-2-13-8-5-6(10)3-4-7(8)9(11)12;1-12-7-4-5(9)2-3-6(7)8(10)11;8-6-3-4(9)1-2-5(6)7(10)11;8-4-1-2-5(7(10)11)6(9)3-4/h4-5,7H,2-3,6,12H2,1H3,(H,13,14);3-4,6H,2,5,11H2,1H3,(H,12,13);3-5H,2,10H2,1H3,(H,11,12);2-4H,9H2,1H3,(H,10,11);1-3H,9H2,(H,10,11);1-3,9H,8H2,(H,10,11). The number of rotatable bonds is 16. The Morgan fingerprint density at radius 1 is 0.408 bits per heavy atom. The van der Waals surface area contributed by atoms with E-state index in [1.165, 1.54) is 98.1 Å². The number of phenols is 1. The molecule has 0 unspecified atom stereocenters. The summed E-state index contributed by atoms with van der Waals surface area (Å²) >= 11 is 5.56. The van der Waals surface area contributed by atoms with Crippen LogP contribution in [0.15, 0.2) is 109 Å². The van der Waals surface area contributed by atoms with Crippen LogP contribution in [-0.4, -0.2) is 98.5 Å². The zero-order valence-electron chi connectivity index (χ0n) is 41.7. The first-order valence-electron chi connectivity index (χ1n) is 22.4. The van der Waals surface area contributed by atoms with Crippen LogP contribution in [0.2, 0.25) is 5.02 Å². The Labute approximate surface area is 441 Å². The minimum Gasteiger partial charge on any atom is -0.507 e. The maximum atomic E-state index is 10.8. The minimum atomic E-state index is -1.16. The summed E-state index contributed by atoms with van der Waals surface area (Å²) in [6, 6.07) is 26.1. The average Bonchev–Trinajstić information content (AvgIpc) is 3.34. The van der Waals surface area contributed by atoms with Gasteiger partial charge in [-0.25, -0.2) is 28.8 Å². The number of halogens is 1. The number of ether oxygens (including phenoxy) is 4. The van der Waals surface area contributed by atoms with Crippen molar-refractivity contribution in [3.05, 3.63) is 148 Å². The van der Waals surface area contributed by atoms with E-state index < -0.39 is 35.8 Å². The second-order valence-electron chi connectivity index (χ2n) is 15.1. The summed E-state index contributed by atoms with van der Waals surface area (Å²) < 4.78 is 20.6. The molecule has 0 amide bonds. The Kier molecular flexibility index (Phi) is 27.9. The number of carboxylic acid groups (broad SMARTS) is 6. The Bertz CT molecular complexity index is 2860. The lowest BCUT2D eigenvalue weighted by molar-refractivity contribution is 0.0681. The molecule has 0 aliphatic heterocycles. The van der Waals surface area contributed by atoms with Crippen molar-refractivity contribution in [2.24, 2.45) is 0 Å². The van der Waals surface area contributed by atoms with Crippen LogP contribution in [0, 0.1) is 0 Å². The number of hydrogen-bond acceptors (Lipinski definition) is 17. The van der Waals surface area contributed by atoms with Crippen molar-refractivity contribution < 1.29 is 83.5 Å². The highest BCUT2D eigenvalue weighted by Gasteiger charge is 2.14. The van der Waals surface area contributed by atoms with Gasteiger partial charge in [0.2, 0.25) is 0 Å². The lowest BCUT2D eigenvalue weighted by atomic mass is 10.2. The molecule has 0 radical (unpaired) electrons. The van der Waals surface area contributed by atoms with Gasteiger partial charge in [-0.1, -0.05) is 31.9 Å². The summed E-state index contributed by atoms with van der Waals surface area (Å²) in [4.78, 5) is 63.6. The highest BCUT2D eigenvalue weighted by atomic mass is 35.5. The average molecular weight is 1080 g/mol. The third-order valence-corrected chi connectivity index (χ3v) is 9.47. The van der Waals surface area contributed by atoms with E-state index in [-0.39, 0.29) is 49.9 Å². The van der Waals surface area contributed by atoms with E-state index in [0.29, 0.717) is 71.2 Å². The fourth-order valence-corrected chi connectivity index (χ4v) is 5.79. The lowest BCUT2D eigenvalue weighted by Crippen LogP contribution is -2.05. The predicted molar refractivity (Wildman–Crippen MR) is 287 cm³/mol. The number of methoxy groups -OCH3 is 1. The third-order valence-electron chi connectivity index (χ3n) is 9.16. The van der Waals surface area contributed by atoms with Crippen molar-refractivity contribution in [3.63, 3.8) is 0 Å². The van der Waals surface area contributed by atoms with Crippen LogP contribution >= 0.6 is 11.6 Å². The summed E-state index contributed by atoms with van der Waals surface area (Å²) in [7, 11) is 1.40. The van der Waals surface area contributed by atoms with Crippen LogP contribution < -0.4 is 53.3 Å². The molecular weight excluding hydrogens is 1020 g/mol. The Hall–Kier alpha value is -9.77. The number of anilines is 6. The van der Waals surface area contributed by atoms with Crippen LogP contribution in [-0.2, 0) is 0 Å². The van der Waals surface area contributed by atoms with Crippen molar-refractivity contribution in [1.82, 2.24) is 0 Å². The van der Waals surface area contributed by atoms with Gasteiger partial charge in [0.15, 0.2) is 0 Å². The SMILES string of the molecule is CCCCOc1cc(N)ccc1C(=O)O.CCCOc1cc(N)ccc1C(=O)O.CCOc1cc(N)ccc1C(=O)O.COc1cc(N)ccc1C(=O)O.Nc1ccc(C(=O)O)c(Cl)c1.Nc1ccc(C(=O)O)c(O)c1. The van der Waals surface area contributed by atoms with Crippen molar-refractivity contribution in [1.29, 1.82) is 0 Å². The fourth-order valence-electron chi connectivity index (χ4n) is 5.52. The number of aromatic hydroxyl groups is 1. The van der Waals surface area contributed by atoms with Crippen molar-refractivity contribution in [3.8, 4) is 28.7 Å². The first-order chi connectivity index (χ1) is 35.8. The molecule has 408 valence electrons. The number of benzene rings is 6. The maximum Gasteiger partial charge on any atom is 0.339 e. The van der Waals surface area contributed by atoms with Gasteiger partial charge in [0.25, 0.3) is 0 Å². The summed E-state index contributed by atoms with van der Waals surface area (Å²) in [6.45, 7) is 7.20. The van der Waals surface area contributed by atoms with E-state index in [1.807, 2.05) is 13.8 Å². The zero-order chi connectivity index (χ0) is 57.7. The molecule has 76 heavy (non-hydrogen) atoms. The smallest absolute Gasteiger partial charge is 0.339 e. The van der Waals surface area contributed by atoms with E-state index >= 15 is 0 Å².